The molecule has 8 heterocycles. The molecule has 3 aromatic carbocycles. The number of hydrogen-bond donors (Lipinski definition) is 6. The van der Waals surface area contributed by atoms with Gasteiger partial charge in [-0.3, -0.25) is 9.80 Å². The number of benzene rings is 3. The Balaban J connectivity index is 0.000000154. The van der Waals surface area contributed by atoms with Gasteiger partial charge in [0.15, 0.2) is 34.7 Å². The predicted octanol–water partition coefficient (Wildman–Crippen LogP) is 8.38. The van der Waals surface area contributed by atoms with E-state index in [9.17, 15) is 13.2 Å². The lowest BCUT2D eigenvalue weighted by Gasteiger charge is -2.25. The van der Waals surface area contributed by atoms with E-state index in [-0.39, 0.29) is 52.3 Å². The molecule has 6 aromatic heterocycles. The first-order valence-corrected chi connectivity index (χ1v) is 27.5. The molecule has 28 heteroatoms. The fraction of sp³-hybridized carbons (Fsp3) is 0.328. The summed E-state index contributed by atoms with van der Waals surface area (Å²) in [6, 6.07) is 15.0. The van der Waals surface area contributed by atoms with Crippen molar-refractivity contribution in [2.45, 2.75) is 33.6 Å². The van der Waals surface area contributed by atoms with Gasteiger partial charge in [0.1, 0.15) is 72.9 Å². The summed E-state index contributed by atoms with van der Waals surface area (Å²) >= 11 is 0. The van der Waals surface area contributed by atoms with Crippen molar-refractivity contribution in [3.63, 3.8) is 0 Å². The zero-order valence-corrected chi connectivity index (χ0v) is 48.1. The van der Waals surface area contributed by atoms with E-state index in [1.807, 2.05) is 39.8 Å². The van der Waals surface area contributed by atoms with Crippen molar-refractivity contribution in [2.75, 3.05) is 110 Å². The van der Waals surface area contributed by atoms with Gasteiger partial charge in [0.05, 0.1) is 31.9 Å². The van der Waals surface area contributed by atoms with Crippen molar-refractivity contribution in [3.05, 3.63) is 125 Å². The summed E-state index contributed by atoms with van der Waals surface area (Å²) in [5.41, 5.74) is 23.4. The number of nitrogens with zero attached hydrogens (tertiary/aromatic N) is 12. The number of oxime groups is 3. The van der Waals surface area contributed by atoms with E-state index in [1.54, 1.807) is 42.5 Å². The third kappa shape index (κ3) is 16.0. The minimum absolute atomic E-state index is 0.0301. The number of hydrogen-bond acceptors (Lipinski definition) is 22. The Morgan fingerprint density at radius 3 is 1.23 bits per heavy atom. The van der Waals surface area contributed by atoms with E-state index in [0.29, 0.717) is 75.8 Å². The predicted molar refractivity (Wildman–Crippen MR) is 321 cm³/mol. The van der Waals surface area contributed by atoms with Crippen molar-refractivity contribution in [2.24, 2.45) is 15.5 Å². The van der Waals surface area contributed by atoms with Gasteiger partial charge in [-0.2, -0.15) is 0 Å². The van der Waals surface area contributed by atoms with Crippen LogP contribution in [0, 0.1) is 38.2 Å². The van der Waals surface area contributed by atoms with Gasteiger partial charge in [-0.1, -0.05) is 15.5 Å². The van der Waals surface area contributed by atoms with E-state index >= 15 is 0 Å². The van der Waals surface area contributed by atoms with Crippen LogP contribution >= 0.6 is 0 Å². The first-order valence-electron chi connectivity index (χ1n) is 27.5. The molecule has 0 aliphatic carbocycles. The highest BCUT2D eigenvalue weighted by Gasteiger charge is 2.20. The van der Waals surface area contributed by atoms with Gasteiger partial charge < -0.3 is 70.5 Å². The maximum Gasteiger partial charge on any atom is 0.233 e. The van der Waals surface area contributed by atoms with Crippen LogP contribution in [0.25, 0.3) is 32.7 Å². The number of morpholine rings is 1. The molecule has 0 saturated carbocycles. The van der Waals surface area contributed by atoms with Gasteiger partial charge in [-0.25, -0.2) is 43.1 Å². The molecule has 9 N–H and O–H groups in total. The van der Waals surface area contributed by atoms with Crippen LogP contribution in [0.1, 0.15) is 46.6 Å². The van der Waals surface area contributed by atoms with Gasteiger partial charge in [0, 0.05) is 82.5 Å². The fourth-order valence-electron chi connectivity index (χ4n) is 9.02. The summed E-state index contributed by atoms with van der Waals surface area (Å²) in [6.07, 6.45) is 10.3. The molecule has 86 heavy (non-hydrogen) atoms. The Morgan fingerprint density at radius 2 is 0.872 bits per heavy atom. The second-order valence-corrected chi connectivity index (χ2v) is 20.1. The van der Waals surface area contributed by atoms with Gasteiger partial charge in [0.25, 0.3) is 0 Å². The SMILES string of the molecule is Cc1cc2c(F)c(Oc3ncnc(N)c3/C=N/OCCN(C)C)ccc2[nH]1.Cc1cc2c(F)c(Oc3ncnc(N)c3/C=N/OCCN3CCCC3)ccc2[nH]1.Cc1cc2c(F)c(Oc3ncnc(N)c3/C=N/OCCN3CCOCC3)ccc2[nH]1. The highest BCUT2D eigenvalue weighted by molar-refractivity contribution is 5.90. The molecular formula is C58H67F3N18O7. The number of aryl methyl sites for hydroxylation is 3. The lowest BCUT2D eigenvalue weighted by Crippen LogP contribution is -2.38. The van der Waals surface area contributed by atoms with Crippen LogP contribution in [0.5, 0.6) is 34.9 Å². The maximum absolute atomic E-state index is 14.8. The number of aromatic nitrogens is 9. The standard InChI is InChI=1S/C20H23FN6O3.C20H23FN6O2.C18H21FN6O2/c1-13-10-14-16(26-13)2-3-17(18(14)21)30-20-15(19(22)23-12-24-20)11-25-29-9-6-27-4-7-28-8-5-27;1-13-10-14-16(26-13)4-5-17(18(14)21)29-20-15(19(22)23-12-24-20)11-25-28-9-8-27-6-2-3-7-27;1-11-8-12-14(24-11)4-5-15(16(12)19)27-18-13(17(20)21-10-22-18)9-23-26-7-6-25(2)3/h2-3,10-12,26H,4-9H2,1H3,(H2,22,23,24);4-5,10-12,26H,2-3,6-9H2,1H3,(H2,22,23,24);4-5,8-10,24H,6-7H2,1-3H3,(H2,20,21,22)/b2*25-11+;23-9+. The zero-order valence-electron chi connectivity index (χ0n) is 48.1. The van der Waals surface area contributed by atoms with Crippen molar-refractivity contribution >= 4 is 68.8 Å². The molecular weight excluding hydrogens is 1120 g/mol. The first-order chi connectivity index (χ1) is 41.7. The summed E-state index contributed by atoms with van der Waals surface area (Å²) in [5.74, 6) is -0.591. The molecule has 452 valence electrons. The monoisotopic (exact) mass is 1180 g/mol. The molecule has 2 saturated heterocycles. The van der Waals surface area contributed by atoms with Crippen LogP contribution in [0.15, 0.2) is 89.0 Å². The third-order valence-electron chi connectivity index (χ3n) is 13.5. The Hall–Kier alpha value is -9.64. The van der Waals surface area contributed by atoms with E-state index in [1.165, 1.54) is 62.6 Å². The number of ether oxygens (including phenoxy) is 4. The number of rotatable bonds is 21. The Morgan fingerprint density at radius 1 is 0.523 bits per heavy atom. The number of likely N-dealkylation sites (N-methyl/N-ethyl adjacent to an activating group) is 1. The smallest absolute Gasteiger partial charge is 0.233 e. The Labute approximate surface area is 492 Å². The normalized spacial score (nSPS) is 13.9. The van der Waals surface area contributed by atoms with E-state index in [2.05, 4.69) is 70.1 Å². The highest BCUT2D eigenvalue weighted by atomic mass is 19.1. The van der Waals surface area contributed by atoms with Gasteiger partial charge in [-0.15, -0.1) is 0 Å². The van der Waals surface area contributed by atoms with Crippen LogP contribution < -0.4 is 31.4 Å². The van der Waals surface area contributed by atoms with E-state index < -0.39 is 17.5 Å². The Bertz CT molecular complexity index is 3820. The van der Waals surface area contributed by atoms with Crippen LogP contribution in [0.4, 0.5) is 30.6 Å². The molecule has 0 unspecified atom stereocenters. The number of H-pyrrole nitrogens is 3. The number of nitrogens with one attached hydrogen (secondary N) is 3. The number of halogens is 3. The van der Waals surface area contributed by atoms with Gasteiger partial charge in [-0.05, 0) is 115 Å². The minimum Gasteiger partial charge on any atom is -0.435 e. The second kappa shape index (κ2) is 29.2. The minimum atomic E-state index is -0.487. The summed E-state index contributed by atoms with van der Waals surface area (Å²) in [7, 11) is 3.86. The average Bonchev–Trinajstić information content (AvgIpc) is 3.67. The second-order valence-electron chi connectivity index (χ2n) is 20.1. The molecule has 0 bridgehead atoms. The molecule has 25 nitrogen and oxygen atoms in total. The molecule has 0 radical (unpaired) electrons. The number of aromatic amines is 3. The van der Waals surface area contributed by atoms with Crippen molar-refractivity contribution < 1.29 is 46.6 Å². The third-order valence-corrected chi connectivity index (χ3v) is 13.5. The zero-order chi connectivity index (χ0) is 60.5. The molecule has 0 atom stereocenters. The average molecular weight is 1190 g/mol. The number of nitrogen functional groups attached to an aromatic ring is 3. The number of anilines is 3. The molecule has 2 aliphatic rings. The number of fused-ring (bicyclic) bond motifs is 3. The van der Waals surface area contributed by atoms with Crippen LogP contribution in [0.3, 0.4) is 0 Å². The topological polar surface area (TPSA) is 314 Å². The largest absolute Gasteiger partial charge is 0.435 e. The van der Waals surface area contributed by atoms with Crippen molar-refractivity contribution in [3.8, 4) is 34.9 Å². The highest BCUT2D eigenvalue weighted by Crippen LogP contribution is 2.35. The van der Waals surface area contributed by atoms with Crippen LogP contribution in [0.2, 0.25) is 0 Å². The molecule has 0 amide bonds. The Kier molecular flexibility index (Phi) is 20.7. The van der Waals surface area contributed by atoms with Crippen molar-refractivity contribution in [1.29, 1.82) is 0 Å². The first kappa shape index (κ1) is 60.9. The van der Waals surface area contributed by atoms with E-state index in [0.717, 1.165) is 69.6 Å². The molecule has 11 rings (SSSR count). The molecule has 9 aromatic rings. The van der Waals surface area contributed by atoms with E-state index in [4.69, 9.17) is 50.7 Å². The summed E-state index contributed by atoms with van der Waals surface area (Å²) < 4.78 is 66.8. The number of nitrogens with two attached hydrogens (primary N) is 3. The fourth-order valence-corrected chi connectivity index (χ4v) is 9.02. The lowest BCUT2D eigenvalue weighted by molar-refractivity contribution is 0.0214. The molecule has 0 spiro atoms. The quantitative estimate of drug-likeness (QED) is 0.0223. The molecule has 2 fully saturated rings. The van der Waals surface area contributed by atoms with Gasteiger partial charge in [0.2, 0.25) is 17.6 Å². The molecule has 2 aliphatic heterocycles. The van der Waals surface area contributed by atoms with Crippen LogP contribution in [-0.2, 0) is 19.2 Å². The maximum atomic E-state index is 14.8. The number of likely N-dealkylation sites (tertiary alicyclic amines) is 1. The van der Waals surface area contributed by atoms with Gasteiger partial charge >= 0.3 is 0 Å². The summed E-state index contributed by atoms with van der Waals surface area (Å²) in [4.78, 5) is 55.6. The van der Waals surface area contributed by atoms with Crippen molar-refractivity contribution in [1.82, 2.24) is 59.6 Å². The summed E-state index contributed by atoms with van der Waals surface area (Å²) in [5, 5.41) is 13.1. The van der Waals surface area contributed by atoms with Crippen LogP contribution in [-0.4, -0.2) is 171 Å². The summed E-state index contributed by atoms with van der Waals surface area (Å²) in [6.45, 7) is 14.6. The lowest BCUT2D eigenvalue weighted by atomic mass is 10.2.